The second-order valence-electron chi connectivity index (χ2n) is 7.00. The molecule has 0 atom stereocenters. The Kier molecular flexibility index (Phi) is 7.36. The summed E-state index contributed by atoms with van der Waals surface area (Å²) < 4.78 is 0. The van der Waals surface area contributed by atoms with Crippen molar-refractivity contribution in [3.63, 3.8) is 0 Å². The van der Waals surface area contributed by atoms with Gasteiger partial charge in [0.15, 0.2) is 0 Å². The molecule has 0 saturated heterocycles. The van der Waals surface area contributed by atoms with Gasteiger partial charge in [-0.2, -0.15) is 0 Å². The van der Waals surface area contributed by atoms with Crippen LogP contribution < -0.4 is 10.6 Å². The molecule has 0 bridgehead atoms. The highest BCUT2D eigenvalue weighted by atomic mass is 35.5. The predicted octanol–water partition coefficient (Wildman–Crippen LogP) is 6.68. The van der Waals surface area contributed by atoms with Gasteiger partial charge in [0.05, 0.1) is 0 Å². The molecule has 0 radical (unpaired) electrons. The van der Waals surface area contributed by atoms with Crippen LogP contribution >= 0.6 is 23.2 Å². The molecule has 2 aromatic rings. The summed E-state index contributed by atoms with van der Waals surface area (Å²) in [6, 6.07) is 11.5. The Hall–Kier alpha value is -1.71. The van der Waals surface area contributed by atoms with Crippen molar-refractivity contribution in [2.45, 2.75) is 46.0 Å². The minimum absolute atomic E-state index is 0.0133. The highest BCUT2D eigenvalue weighted by Gasteiger charge is 2.15. The summed E-state index contributed by atoms with van der Waals surface area (Å²) >= 11 is 12.0. The molecule has 0 aliphatic rings. The minimum Gasteiger partial charge on any atom is -0.384 e. The fraction of sp³-hybridized carbons (Fsp3) is 0.381. The van der Waals surface area contributed by atoms with Gasteiger partial charge in [0.25, 0.3) is 0 Å². The van der Waals surface area contributed by atoms with E-state index >= 15 is 0 Å². The summed E-state index contributed by atoms with van der Waals surface area (Å²) in [6.07, 6.45) is 0.355. The molecule has 140 valence electrons. The number of carbonyl (C=O) groups is 1. The van der Waals surface area contributed by atoms with E-state index in [0.29, 0.717) is 34.8 Å². The maximum absolute atomic E-state index is 12.5. The number of amides is 1. The normalized spacial score (nSPS) is 11.1. The van der Waals surface area contributed by atoms with Gasteiger partial charge in [-0.1, -0.05) is 69.1 Å². The Balaban J connectivity index is 2.03. The Morgan fingerprint density at radius 3 is 2.00 bits per heavy atom. The van der Waals surface area contributed by atoms with Gasteiger partial charge >= 0.3 is 0 Å². The Morgan fingerprint density at radius 2 is 1.50 bits per heavy atom. The smallest absolute Gasteiger partial charge is 0.226 e. The van der Waals surface area contributed by atoms with E-state index in [2.05, 4.69) is 56.5 Å². The number of rotatable bonds is 7. The molecule has 0 unspecified atom stereocenters. The van der Waals surface area contributed by atoms with E-state index in [1.807, 2.05) is 0 Å². The first kappa shape index (κ1) is 20.6. The van der Waals surface area contributed by atoms with Crippen LogP contribution in [0.4, 0.5) is 11.4 Å². The molecular formula is C21H26Cl2N2O. The van der Waals surface area contributed by atoms with Crippen molar-refractivity contribution in [3.05, 3.63) is 57.6 Å². The monoisotopic (exact) mass is 392 g/mol. The van der Waals surface area contributed by atoms with Gasteiger partial charge in [0, 0.05) is 34.4 Å². The number of hydrogen-bond acceptors (Lipinski definition) is 2. The van der Waals surface area contributed by atoms with Crippen molar-refractivity contribution in [2.24, 2.45) is 0 Å². The molecule has 2 aromatic carbocycles. The standard InChI is InChI=1S/C21H26Cl2N2O/c1-13(2)18-6-5-7-19(14(3)4)21(18)25-20(26)8-9-24-17-11-15(22)10-16(23)12-17/h5-7,10-14,24H,8-9H2,1-4H3,(H,25,26). The molecule has 5 heteroatoms. The summed E-state index contributed by atoms with van der Waals surface area (Å²) in [7, 11) is 0. The molecular weight excluding hydrogens is 367 g/mol. The number of benzene rings is 2. The maximum atomic E-state index is 12.5. The number of carbonyl (C=O) groups excluding carboxylic acids is 1. The summed E-state index contributed by atoms with van der Waals surface area (Å²) in [5.41, 5.74) is 4.09. The van der Waals surface area contributed by atoms with Crippen LogP contribution in [0.25, 0.3) is 0 Å². The van der Waals surface area contributed by atoms with Crippen LogP contribution in [-0.2, 0) is 4.79 Å². The second kappa shape index (κ2) is 9.29. The topological polar surface area (TPSA) is 41.1 Å². The molecule has 0 aliphatic carbocycles. The van der Waals surface area contributed by atoms with Crippen LogP contribution in [0, 0.1) is 0 Å². The number of para-hydroxylation sites is 1. The average Bonchev–Trinajstić information content (AvgIpc) is 2.53. The average molecular weight is 393 g/mol. The van der Waals surface area contributed by atoms with Crippen LogP contribution in [-0.4, -0.2) is 12.5 Å². The first-order valence-corrected chi connectivity index (χ1v) is 9.66. The Morgan fingerprint density at radius 1 is 0.962 bits per heavy atom. The van der Waals surface area contributed by atoms with Crippen LogP contribution in [0.5, 0.6) is 0 Å². The summed E-state index contributed by atoms with van der Waals surface area (Å²) in [6.45, 7) is 9.06. The van der Waals surface area contributed by atoms with Crippen molar-refractivity contribution >= 4 is 40.5 Å². The fourth-order valence-corrected chi connectivity index (χ4v) is 3.40. The van der Waals surface area contributed by atoms with Gasteiger partial charge in [-0.05, 0) is 41.2 Å². The molecule has 0 aromatic heterocycles. The van der Waals surface area contributed by atoms with E-state index in [1.54, 1.807) is 18.2 Å². The zero-order valence-electron chi connectivity index (χ0n) is 15.7. The van der Waals surface area contributed by atoms with Gasteiger partial charge < -0.3 is 10.6 Å². The second-order valence-corrected chi connectivity index (χ2v) is 7.88. The number of hydrogen-bond donors (Lipinski definition) is 2. The molecule has 2 rings (SSSR count). The highest BCUT2D eigenvalue weighted by molar-refractivity contribution is 6.35. The molecule has 1 amide bonds. The summed E-state index contributed by atoms with van der Waals surface area (Å²) in [5.74, 6) is 0.673. The van der Waals surface area contributed by atoms with Crippen LogP contribution in [0.3, 0.4) is 0 Å². The lowest BCUT2D eigenvalue weighted by Gasteiger charge is -2.20. The van der Waals surface area contributed by atoms with Crippen LogP contribution in [0.2, 0.25) is 10.0 Å². The van der Waals surface area contributed by atoms with E-state index in [0.717, 1.165) is 11.4 Å². The van der Waals surface area contributed by atoms with E-state index in [-0.39, 0.29) is 5.91 Å². The summed E-state index contributed by atoms with van der Waals surface area (Å²) in [5, 5.41) is 7.44. The molecule has 3 nitrogen and oxygen atoms in total. The van der Waals surface area contributed by atoms with Crippen LogP contribution in [0.1, 0.15) is 57.1 Å². The zero-order valence-corrected chi connectivity index (χ0v) is 17.2. The molecule has 0 spiro atoms. The van der Waals surface area contributed by atoms with Crippen LogP contribution in [0.15, 0.2) is 36.4 Å². The third kappa shape index (κ3) is 5.65. The lowest BCUT2D eigenvalue weighted by Crippen LogP contribution is -2.18. The van der Waals surface area contributed by atoms with Gasteiger partial charge in [-0.25, -0.2) is 0 Å². The number of halogens is 2. The number of nitrogens with one attached hydrogen (secondary N) is 2. The molecule has 2 N–H and O–H groups in total. The first-order chi connectivity index (χ1) is 12.3. The van der Waals surface area contributed by atoms with E-state index < -0.39 is 0 Å². The Labute approximate surface area is 166 Å². The lowest BCUT2D eigenvalue weighted by molar-refractivity contribution is -0.115. The van der Waals surface area contributed by atoms with E-state index in [1.165, 1.54) is 11.1 Å². The zero-order chi connectivity index (χ0) is 19.3. The Bertz CT molecular complexity index is 726. The van der Waals surface area contributed by atoms with Crippen molar-refractivity contribution in [1.29, 1.82) is 0 Å². The largest absolute Gasteiger partial charge is 0.384 e. The highest BCUT2D eigenvalue weighted by Crippen LogP contribution is 2.32. The summed E-state index contributed by atoms with van der Waals surface area (Å²) in [4.78, 5) is 12.5. The van der Waals surface area contributed by atoms with Crippen molar-refractivity contribution in [3.8, 4) is 0 Å². The van der Waals surface area contributed by atoms with Crippen molar-refractivity contribution < 1.29 is 4.79 Å². The maximum Gasteiger partial charge on any atom is 0.226 e. The van der Waals surface area contributed by atoms with Crippen molar-refractivity contribution in [2.75, 3.05) is 17.2 Å². The SMILES string of the molecule is CC(C)c1cccc(C(C)C)c1NC(=O)CCNc1cc(Cl)cc(Cl)c1. The molecule has 0 heterocycles. The van der Waals surface area contributed by atoms with Crippen molar-refractivity contribution in [1.82, 2.24) is 0 Å². The molecule has 0 fully saturated rings. The first-order valence-electron chi connectivity index (χ1n) is 8.90. The molecule has 26 heavy (non-hydrogen) atoms. The predicted molar refractivity (Wildman–Crippen MR) is 113 cm³/mol. The van der Waals surface area contributed by atoms with Gasteiger partial charge in [-0.15, -0.1) is 0 Å². The molecule has 0 saturated carbocycles. The van der Waals surface area contributed by atoms with E-state index in [4.69, 9.17) is 23.2 Å². The lowest BCUT2D eigenvalue weighted by atomic mass is 9.92. The van der Waals surface area contributed by atoms with E-state index in [9.17, 15) is 4.79 Å². The number of anilines is 2. The molecule has 0 aliphatic heterocycles. The minimum atomic E-state index is -0.0133. The quantitative estimate of drug-likeness (QED) is 0.551. The van der Waals surface area contributed by atoms with Gasteiger partial charge in [0.1, 0.15) is 0 Å². The van der Waals surface area contributed by atoms with Gasteiger partial charge in [0.2, 0.25) is 5.91 Å². The third-order valence-corrected chi connectivity index (χ3v) is 4.62. The van der Waals surface area contributed by atoms with Gasteiger partial charge in [-0.3, -0.25) is 4.79 Å². The third-order valence-electron chi connectivity index (χ3n) is 4.18. The fourth-order valence-electron chi connectivity index (χ4n) is 2.87.